The van der Waals surface area contributed by atoms with Crippen LogP contribution in [0, 0.1) is 5.92 Å². The second-order valence-corrected chi connectivity index (χ2v) is 10.6. The summed E-state index contributed by atoms with van der Waals surface area (Å²) in [6.07, 6.45) is 0. The Morgan fingerprint density at radius 3 is 1.70 bits per heavy atom. The molecular formula is C33H30ClN3O3. The Balaban J connectivity index is 1.54. The van der Waals surface area contributed by atoms with Crippen molar-refractivity contribution < 1.29 is 14.4 Å². The molecule has 1 unspecified atom stereocenters. The average Bonchev–Trinajstić information content (AvgIpc) is 3.22. The van der Waals surface area contributed by atoms with Crippen LogP contribution in [0.4, 0.5) is 0 Å². The van der Waals surface area contributed by atoms with Crippen molar-refractivity contribution in [3.63, 3.8) is 0 Å². The van der Waals surface area contributed by atoms with Crippen LogP contribution >= 0.6 is 11.6 Å². The average molecular weight is 552 g/mol. The number of benzene rings is 4. The zero-order valence-corrected chi connectivity index (χ0v) is 23.1. The first-order chi connectivity index (χ1) is 19.3. The number of nitrogens with one attached hydrogen (secondary N) is 1. The van der Waals surface area contributed by atoms with Crippen LogP contribution in [0.25, 0.3) is 0 Å². The van der Waals surface area contributed by atoms with Gasteiger partial charge in [-0.2, -0.15) is 5.01 Å². The summed E-state index contributed by atoms with van der Waals surface area (Å²) in [6, 6.07) is 32.1. The van der Waals surface area contributed by atoms with E-state index >= 15 is 0 Å². The number of imide groups is 1. The monoisotopic (exact) mass is 551 g/mol. The van der Waals surface area contributed by atoms with Crippen LogP contribution < -0.4 is 5.32 Å². The van der Waals surface area contributed by atoms with Gasteiger partial charge in [0.25, 0.3) is 11.8 Å². The molecule has 0 radical (unpaired) electrons. The number of amides is 3. The van der Waals surface area contributed by atoms with E-state index in [1.165, 1.54) is 0 Å². The van der Waals surface area contributed by atoms with E-state index in [-0.39, 0.29) is 18.4 Å². The quantitative estimate of drug-likeness (QED) is 0.248. The highest BCUT2D eigenvalue weighted by Crippen LogP contribution is 2.30. The summed E-state index contributed by atoms with van der Waals surface area (Å²) >= 11 is 6.12. The van der Waals surface area contributed by atoms with Crippen molar-refractivity contribution in [3.8, 4) is 0 Å². The van der Waals surface area contributed by atoms with Gasteiger partial charge in [-0.05, 0) is 46.9 Å². The largest absolute Gasteiger partial charge is 0.344 e. The van der Waals surface area contributed by atoms with Gasteiger partial charge in [-0.3, -0.25) is 14.4 Å². The normalized spacial score (nSPS) is 13.7. The fourth-order valence-corrected chi connectivity index (χ4v) is 5.27. The summed E-state index contributed by atoms with van der Waals surface area (Å²) in [5.74, 6) is -1.44. The number of rotatable bonds is 9. The highest BCUT2D eigenvalue weighted by atomic mass is 35.5. The fraction of sp³-hybridized carbons (Fsp3) is 0.182. The van der Waals surface area contributed by atoms with Gasteiger partial charge in [-0.25, -0.2) is 5.01 Å². The first-order valence-electron chi connectivity index (χ1n) is 13.2. The number of nitrogens with zero attached hydrogens (tertiary/aromatic N) is 2. The number of fused-ring (bicyclic) bond motifs is 1. The van der Waals surface area contributed by atoms with Crippen molar-refractivity contribution in [1.82, 2.24) is 15.3 Å². The first kappa shape index (κ1) is 27.3. The number of halogens is 1. The number of carbonyl (C=O) groups is 3. The van der Waals surface area contributed by atoms with Gasteiger partial charge in [-0.15, -0.1) is 0 Å². The molecule has 0 saturated heterocycles. The van der Waals surface area contributed by atoms with Crippen LogP contribution in [-0.4, -0.2) is 33.8 Å². The first-order valence-corrected chi connectivity index (χ1v) is 13.6. The minimum atomic E-state index is -0.840. The van der Waals surface area contributed by atoms with Crippen LogP contribution in [-0.2, 0) is 11.3 Å². The molecule has 1 N–H and O–H groups in total. The summed E-state index contributed by atoms with van der Waals surface area (Å²) < 4.78 is 0. The molecule has 1 aliphatic rings. The van der Waals surface area contributed by atoms with Crippen LogP contribution in [0.3, 0.4) is 0 Å². The van der Waals surface area contributed by atoms with Crippen molar-refractivity contribution in [2.24, 2.45) is 5.92 Å². The maximum atomic E-state index is 14.2. The molecule has 7 heteroatoms. The van der Waals surface area contributed by atoms with Crippen molar-refractivity contribution >= 4 is 29.3 Å². The van der Waals surface area contributed by atoms with Crippen molar-refractivity contribution in [3.05, 3.63) is 142 Å². The topological polar surface area (TPSA) is 69.7 Å². The molecule has 0 bridgehead atoms. The number of hydrogen-bond acceptors (Lipinski definition) is 4. The summed E-state index contributed by atoms with van der Waals surface area (Å²) in [4.78, 5) is 41.5. The van der Waals surface area contributed by atoms with E-state index in [1.807, 2.05) is 86.6 Å². The lowest BCUT2D eigenvalue weighted by Gasteiger charge is -2.38. The highest BCUT2D eigenvalue weighted by molar-refractivity contribution is 6.30. The fourth-order valence-electron chi connectivity index (χ4n) is 5.14. The molecule has 0 spiro atoms. The third-order valence-electron chi connectivity index (χ3n) is 7.06. The molecule has 0 saturated carbocycles. The van der Waals surface area contributed by atoms with Gasteiger partial charge in [0.15, 0.2) is 0 Å². The van der Waals surface area contributed by atoms with Crippen molar-refractivity contribution in [1.29, 1.82) is 0 Å². The van der Waals surface area contributed by atoms with Gasteiger partial charge in [0, 0.05) is 11.6 Å². The number of hydrazine groups is 1. The van der Waals surface area contributed by atoms with Crippen molar-refractivity contribution in [2.75, 3.05) is 0 Å². The SMILES string of the molecule is CC(C)C(C(=O)NC(c1ccccc1)c1ccccc1)N(Cc1ccc(Cl)cc1)N1C(=O)c2ccccc2C1=O. The van der Waals surface area contributed by atoms with Crippen LogP contribution in [0.1, 0.15) is 57.3 Å². The molecule has 0 aliphatic carbocycles. The van der Waals surface area contributed by atoms with E-state index in [9.17, 15) is 14.4 Å². The Morgan fingerprint density at radius 1 is 0.750 bits per heavy atom. The molecule has 6 nitrogen and oxygen atoms in total. The molecule has 4 aromatic rings. The van der Waals surface area contributed by atoms with E-state index in [0.717, 1.165) is 21.7 Å². The lowest BCUT2D eigenvalue weighted by Crippen LogP contribution is -2.58. The molecule has 1 heterocycles. The molecule has 0 fully saturated rings. The Kier molecular flexibility index (Phi) is 8.10. The third kappa shape index (κ3) is 5.55. The minimum absolute atomic E-state index is 0.153. The zero-order chi connectivity index (χ0) is 28.2. The van der Waals surface area contributed by atoms with Gasteiger partial charge in [-0.1, -0.05) is 110 Å². The summed E-state index contributed by atoms with van der Waals surface area (Å²) in [7, 11) is 0. The van der Waals surface area contributed by atoms with Gasteiger partial charge in [0.1, 0.15) is 6.04 Å². The van der Waals surface area contributed by atoms with Crippen LogP contribution in [0.2, 0.25) is 5.02 Å². The lowest BCUT2D eigenvalue weighted by atomic mass is 9.96. The predicted molar refractivity (Wildman–Crippen MR) is 155 cm³/mol. The van der Waals surface area contributed by atoms with Gasteiger partial charge < -0.3 is 5.32 Å². The Hall–Kier alpha value is -4.26. The smallest absolute Gasteiger partial charge is 0.276 e. The predicted octanol–water partition coefficient (Wildman–Crippen LogP) is 6.28. The molecule has 1 atom stereocenters. The maximum Gasteiger partial charge on any atom is 0.276 e. The van der Waals surface area contributed by atoms with E-state index in [1.54, 1.807) is 41.4 Å². The lowest BCUT2D eigenvalue weighted by molar-refractivity contribution is -0.135. The van der Waals surface area contributed by atoms with Crippen LogP contribution in [0.15, 0.2) is 109 Å². The van der Waals surface area contributed by atoms with E-state index in [0.29, 0.717) is 16.1 Å². The summed E-state index contributed by atoms with van der Waals surface area (Å²) in [6.45, 7) is 3.98. The summed E-state index contributed by atoms with van der Waals surface area (Å²) in [5, 5.41) is 6.53. The molecule has 5 rings (SSSR count). The zero-order valence-electron chi connectivity index (χ0n) is 22.3. The Morgan fingerprint density at radius 2 is 1.23 bits per heavy atom. The van der Waals surface area contributed by atoms with E-state index < -0.39 is 23.9 Å². The maximum absolute atomic E-state index is 14.2. The van der Waals surface area contributed by atoms with Gasteiger partial charge in [0.05, 0.1) is 17.2 Å². The second kappa shape index (κ2) is 11.9. The highest BCUT2D eigenvalue weighted by Gasteiger charge is 2.44. The Labute approximate surface area is 239 Å². The molecule has 4 aromatic carbocycles. The van der Waals surface area contributed by atoms with Crippen molar-refractivity contribution in [2.45, 2.75) is 32.5 Å². The standard InChI is InChI=1S/C33H30ClN3O3/c1-22(2)30(31(38)35-29(24-11-5-3-6-12-24)25-13-7-4-8-14-25)36(21-23-17-19-26(34)20-18-23)37-32(39)27-15-9-10-16-28(27)33(37)40/h3-20,22,29-30H,21H2,1-2H3,(H,35,38). The number of carbonyl (C=O) groups excluding carboxylic acids is 3. The van der Waals surface area contributed by atoms with Crippen LogP contribution in [0.5, 0.6) is 0 Å². The molecule has 40 heavy (non-hydrogen) atoms. The molecule has 0 aromatic heterocycles. The minimum Gasteiger partial charge on any atom is -0.344 e. The third-order valence-corrected chi connectivity index (χ3v) is 7.31. The van der Waals surface area contributed by atoms with E-state index in [4.69, 9.17) is 11.6 Å². The second-order valence-electron chi connectivity index (χ2n) is 10.1. The Bertz CT molecular complexity index is 1430. The number of hydrogen-bond donors (Lipinski definition) is 1. The van der Waals surface area contributed by atoms with Gasteiger partial charge in [0.2, 0.25) is 5.91 Å². The molecule has 202 valence electrons. The molecule has 3 amide bonds. The van der Waals surface area contributed by atoms with E-state index in [2.05, 4.69) is 5.32 Å². The van der Waals surface area contributed by atoms with Gasteiger partial charge >= 0.3 is 0 Å². The molecule has 1 aliphatic heterocycles. The summed E-state index contributed by atoms with van der Waals surface area (Å²) in [5.41, 5.74) is 3.30. The molecular weight excluding hydrogens is 522 g/mol.